The Bertz CT molecular complexity index is 337. The van der Waals surface area contributed by atoms with Crippen molar-refractivity contribution in [2.45, 2.75) is 51.2 Å². The fraction of sp³-hybridized carbons (Fsp3) is 0.692. The maximum atomic E-state index is 10.5. The molecule has 1 aromatic rings. The molecule has 0 bridgehead atoms. The van der Waals surface area contributed by atoms with E-state index in [0.29, 0.717) is 6.10 Å². The predicted octanol–water partition coefficient (Wildman–Crippen LogP) is 3.22. The molecule has 1 N–H and O–H groups in total. The Morgan fingerprint density at radius 1 is 1.62 bits per heavy atom. The summed E-state index contributed by atoms with van der Waals surface area (Å²) in [5, 5.41) is 12.5. The molecule has 2 rings (SSSR count). The van der Waals surface area contributed by atoms with Crippen LogP contribution in [0.5, 0.6) is 0 Å². The van der Waals surface area contributed by atoms with Gasteiger partial charge < -0.3 is 9.84 Å². The van der Waals surface area contributed by atoms with Gasteiger partial charge in [-0.15, -0.1) is 11.3 Å². The highest BCUT2D eigenvalue weighted by molar-refractivity contribution is 7.10. The first-order valence-electron chi connectivity index (χ1n) is 5.98. The van der Waals surface area contributed by atoms with Gasteiger partial charge in [0, 0.05) is 11.5 Å². The summed E-state index contributed by atoms with van der Waals surface area (Å²) in [5.41, 5.74) is 0.506. The molecule has 1 aromatic heterocycles. The van der Waals surface area contributed by atoms with Crippen LogP contribution in [-0.4, -0.2) is 17.8 Å². The molecule has 0 saturated carbocycles. The Morgan fingerprint density at radius 3 is 3.00 bits per heavy atom. The molecule has 0 amide bonds. The van der Waals surface area contributed by atoms with E-state index in [1.807, 2.05) is 12.3 Å². The van der Waals surface area contributed by atoms with Gasteiger partial charge in [-0.2, -0.15) is 0 Å². The number of rotatable bonds is 4. The molecule has 2 unspecified atom stereocenters. The first kappa shape index (κ1) is 12.1. The molecule has 3 heteroatoms. The molecule has 90 valence electrons. The van der Waals surface area contributed by atoms with Gasteiger partial charge in [0.1, 0.15) is 0 Å². The van der Waals surface area contributed by atoms with E-state index >= 15 is 0 Å². The number of thiophene rings is 1. The first-order valence-corrected chi connectivity index (χ1v) is 6.86. The molecule has 1 fully saturated rings. The van der Waals surface area contributed by atoms with Crippen LogP contribution in [0.3, 0.4) is 0 Å². The average Bonchev–Trinajstić information content (AvgIpc) is 2.85. The van der Waals surface area contributed by atoms with Crippen molar-refractivity contribution in [1.82, 2.24) is 0 Å². The zero-order valence-electron chi connectivity index (χ0n) is 10.0. The van der Waals surface area contributed by atoms with E-state index in [2.05, 4.69) is 13.0 Å². The fourth-order valence-electron chi connectivity index (χ4n) is 2.35. The SMILES string of the molecule is Cc1ccsc1C(C)(O)CCC1CCCO1. The minimum absolute atomic E-state index is 0.367. The Balaban J connectivity index is 1.94. The number of hydrogen-bond acceptors (Lipinski definition) is 3. The van der Waals surface area contributed by atoms with Gasteiger partial charge in [-0.25, -0.2) is 0 Å². The molecule has 0 radical (unpaired) electrons. The highest BCUT2D eigenvalue weighted by atomic mass is 32.1. The van der Waals surface area contributed by atoms with Crippen LogP contribution < -0.4 is 0 Å². The third-order valence-corrected chi connectivity index (χ3v) is 4.60. The van der Waals surface area contributed by atoms with Crippen molar-refractivity contribution in [2.75, 3.05) is 6.61 Å². The van der Waals surface area contributed by atoms with Crippen molar-refractivity contribution in [3.05, 3.63) is 21.9 Å². The van der Waals surface area contributed by atoms with E-state index in [-0.39, 0.29) is 0 Å². The third kappa shape index (κ3) is 2.65. The summed E-state index contributed by atoms with van der Waals surface area (Å²) in [7, 11) is 0. The van der Waals surface area contributed by atoms with Gasteiger partial charge in [0.2, 0.25) is 0 Å². The second-order valence-electron chi connectivity index (χ2n) is 4.88. The van der Waals surface area contributed by atoms with Crippen molar-refractivity contribution < 1.29 is 9.84 Å². The lowest BCUT2D eigenvalue weighted by molar-refractivity contribution is 0.0244. The molecule has 1 saturated heterocycles. The van der Waals surface area contributed by atoms with Crippen LogP contribution in [0, 0.1) is 6.92 Å². The first-order chi connectivity index (χ1) is 7.59. The molecule has 0 spiro atoms. The van der Waals surface area contributed by atoms with E-state index in [1.165, 1.54) is 12.0 Å². The lowest BCUT2D eigenvalue weighted by Crippen LogP contribution is -2.23. The Labute approximate surface area is 101 Å². The van der Waals surface area contributed by atoms with Crippen molar-refractivity contribution in [2.24, 2.45) is 0 Å². The molecular formula is C13H20O2S. The van der Waals surface area contributed by atoms with Crippen molar-refractivity contribution in [3.63, 3.8) is 0 Å². The summed E-state index contributed by atoms with van der Waals surface area (Å²) in [4.78, 5) is 1.10. The molecule has 0 aliphatic carbocycles. The van der Waals surface area contributed by atoms with E-state index in [0.717, 1.165) is 30.7 Å². The Hall–Kier alpha value is -0.380. The van der Waals surface area contributed by atoms with Gasteiger partial charge in [-0.3, -0.25) is 0 Å². The minimum Gasteiger partial charge on any atom is -0.385 e. The van der Waals surface area contributed by atoms with Crippen LogP contribution in [0.25, 0.3) is 0 Å². The largest absolute Gasteiger partial charge is 0.385 e. The summed E-state index contributed by atoms with van der Waals surface area (Å²) < 4.78 is 5.59. The van der Waals surface area contributed by atoms with E-state index in [9.17, 15) is 5.11 Å². The molecule has 2 nitrogen and oxygen atoms in total. The molecule has 2 heterocycles. The number of ether oxygens (including phenoxy) is 1. The standard InChI is InChI=1S/C13H20O2S/c1-10-6-9-16-12(10)13(2,14)7-5-11-4-3-8-15-11/h6,9,11,14H,3-5,7-8H2,1-2H3. The molecule has 2 atom stereocenters. The number of aliphatic hydroxyl groups is 1. The topological polar surface area (TPSA) is 29.5 Å². The molecule has 1 aliphatic rings. The zero-order valence-corrected chi connectivity index (χ0v) is 10.8. The molecular weight excluding hydrogens is 220 g/mol. The van der Waals surface area contributed by atoms with Gasteiger partial charge >= 0.3 is 0 Å². The lowest BCUT2D eigenvalue weighted by atomic mass is 9.93. The van der Waals surface area contributed by atoms with Crippen LogP contribution >= 0.6 is 11.3 Å². The van der Waals surface area contributed by atoms with Crippen molar-refractivity contribution in [1.29, 1.82) is 0 Å². The second-order valence-corrected chi connectivity index (χ2v) is 5.80. The van der Waals surface area contributed by atoms with Gasteiger partial charge in [0.25, 0.3) is 0 Å². The third-order valence-electron chi connectivity index (χ3n) is 3.33. The van der Waals surface area contributed by atoms with Gasteiger partial charge in [-0.1, -0.05) is 0 Å². The lowest BCUT2D eigenvalue weighted by Gasteiger charge is -2.24. The van der Waals surface area contributed by atoms with Crippen LogP contribution in [0.15, 0.2) is 11.4 Å². The van der Waals surface area contributed by atoms with Gasteiger partial charge in [0.05, 0.1) is 11.7 Å². The molecule has 0 aromatic carbocycles. The van der Waals surface area contributed by atoms with E-state index in [4.69, 9.17) is 4.74 Å². The van der Waals surface area contributed by atoms with Gasteiger partial charge in [0.15, 0.2) is 0 Å². The van der Waals surface area contributed by atoms with Crippen molar-refractivity contribution in [3.8, 4) is 0 Å². The zero-order chi connectivity index (χ0) is 11.6. The summed E-state index contributed by atoms with van der Waals surface area (Å²) in [6.07, 6.45) is 4.44. The monoisotopic (exact) mass is 240 g/mol. The normalized spacial score (nSPS) is 24.6. The highest BCUT2D eigenvalue weighted by Crippen LogP contribution is 2.34. The number of hydrogen-bond donors (Lipinski definition) is 1. The summed E-state index contributed by atoms with van der Waals surface area (Å²) >= 11 is 1.65. The van der Waals surface area contributed by atoms with Crippen LogP contribution in [0.4, 0.5) is 0 Å². The van der Waals surface area contributed by atoms with Crippen molar-refractivity contribution >= 4 is 11.3 Å². The average molecular weight is 240 g/mol. The smallest absolute Gasteiger partial charge is 0.0963 e. The summed E-state index contributed by atoms with van der Waals surface area (Å²) in [5.74, 6) is 0. The van der Waals surface area contributed by atoms with E-state index < -0.39 is 5.60 Å². The van der Waals surface area contributed by atoms with Crippen LogP contribution in [-0.2, 0) is 10.3 Å². The van der Waals surface area contributed by atoms with Crippen LogP contribution in [0.1, 0.15) is 43.0 Å². The van der Waals surface area contributed by atoms with Crippen LogP contribution in [0.2, 0.25) is 0 Å². The quantitative estimate of drug-likeness (QED) is 0.875. The molecule has 1 aliphatic heterocycles. The Morgan fingerprint density at radius 2 is 2.44 bits per heavy atom. The summed E-state index contributed by atoms with van der Waals surface area (Å²) in [6.45, 7) is 4.87. The Kier molecular flexibility index (Phi) is 3.67. The minimum atomic E-state index is -0.690. The highest BCUT2D eigenvalue weighted by Gasteiger charge is 2.28. The fourth-order valence-corrected chi connectivity index (χ4v) is 3.37. The predicted molar refractivity (Wildman–Crippen MR) is 66.8 cm³/mol. The van der Waals surface area contributed by atoms with E-state index in [1.54, 1.807) is 11.3 Å². The van der Waals surface area contributed by atoms with Gasteiger partial charge in [-0.05, 0) is 56.5 Å². The second kappa shape index (κ2) is 4.86. The molecule has 16 heavy (non-hydrogen) atoms. The maximum Gasteiger partial charge on any atom is 0.0963 e. The number of aryl methyl sites for hydroxylation is 1. The summed E-state index contributed by atoms with van der Waals surface area (Å²) in [6, 6.07) is 2.07. The maximum absolute atomic E-state index is 10.5.